The molecule has 0 amide bonds. The van der Waals surface area contributed by atoms with E-state index < -0.39 is 0 Å². The number of nitrogens with one attached hydrogen (secondary N) is 1. The summed E-state index contributed by atoms with van der Waals surface area (Å²) in [5.74, 6) is 1.94. The van der Waals surface area contributed by atoms with Gasteiger partial charge in [0.05, 0.1) is 0 Å². The van der Waals surface area contributed by atoms with Crippen molar-refractivity contribution in [3.8, 4) is 16.9 Å². The maximum absolute atomic E-state index is 11.3. The van der Waals surface area contributed by atoms with Gasteiger partial charge in [-0.1, -0.05) is 24.3 Å². The highest BCUT2D eigenvalue weighted by Gasteiger charge is 2.28. The number of pyridine rings is 1. The van der Waals surface area contributed by atoms with Crippen molar-refractivity contribution in [1.29, 1.82) is 0 Å². The summed E-state index contributed by atoms with van der Waals surface area (Å²) in [6.45, 7) is 9.05. The number of rotatable bonds is 8. The Labute approximate surface area is 214 Å². The number of aldehydes is 1. The van der Waals surface area contributed by atoms with Gasteiger partial charge in [-0.05, 0) is 78.8 Å². The Morgan fingerprint density at radius 2 is 1.92 bits per heavy atom. The third kappa shape index (κ3) is 5.09. The fourth-order valence-corrected chi connectivity index (χ4v) is 5.36. The van der Waals surface area contributed by atoms with Crippen LogP contribution in [0.3, 0.4) is 0 Å². The number of carbonyl (C=O) groups is 1. The Kier molecular flexibility index (Phi) is 7.52. The summed E-state index contributed by atoms with van der Waals surface area (Å²) in [5.41, 5.74) is 7.38. The second-order valence-corrected chi connectivity index (χ2v) is 9.75. The molecule has 36 heavy (non-hydrogen) atoms. The zero-order valence-corrected chi connectivity index (χ0v) is 21.4. The summed E-state index contributed by atoms with van der Waals surface area (Å²) in [4.78, 5) is 20.7. The van der Waals surface area contributed by atoms with Gasteiger partial charge in [-0.2, -0.15) is 0 Å². The van der Waals surface area contributed by atoms with Crippen LogP contribution in [0.2, 0.25) is 0 Å². The molecule has 1 unspecified atom stereocenters. The van der Waals surface area contributed by atoms with Gasteiger partial charge in [0.15, 0.2) is 6.23 Å². The molecule has 2 aromatic carbocycles. The standard InChI is InChI=1S/C30H36N4O2/c1-22-7-3-11-28(23(22)2)36-30(12-6-20-35)34-17-5-9-26-25(8-4-10-27(26)34)24-13-14-32-29(21-24)33-18-15-31-16-19-33/h3-4,7-8,10-11,13-14,20-21,30-31H,5-6,9,12,15-19H2,1-2H3. The fourth-order valence-electron chi connectivity index (χ4n) is 5.36. The van der Waals surface area contributed by atoms with E-state index >= 15 is 0 Å². The Hall–Kier alpha value is -3.38. The molecule has 6 nitrogen and oxygen atoms in total. The van der Waals surface area contributed by atoms with Crippen molar-refractivity contribution in [2.45, 2.75) is 45.8 Å². The molecule has 2 aliphatic heterocycles. The van der Waals surface area contributed by atoms with Crippen LogP contribution < -0.4 is 19.9 Å². The van der Waals surface area contributed by atoms with E-state index in [1.54, 1.807) is 0 Å². The first kappa shape index (κ1) is 24.3. The molecule has 0 radical (unpaired) electrons. The van der Waals surface area contributed by atoms with Crippen molar-refractivity contribution in [2.75, 3.05) is 42.5 Å². The molecule has 1 saturated heterocycles. The van der Waals surface area contributed by atoms with E-state index in [1.807, 2.05) is 18.3 Å². The predicted molar refractivity (Wildman–Crippen MR) is 146 cm³/mol. The van der Waals surface area contributed by atoms with Gasteiger partial charge in [-0.25, -0.2) is 4.98 Å². The number of fused-ring (bicyclic) bond motifs is 1. The number of aromatic nitrogens is 1. The second-order valence-electron chi connectivity index (χ2n) is 9.75. The SMILES string of the molecule is Cc1cccc(OC(CCC=O)N2CCCc3c(-c4ccnc(N5CCNCC5)c4)cccc32)c1C. The molecule has 1 fully saturated rings. The Balaban J connectivity index is 1.48. The van der Waals surface area contributed by atoms with Crippen molar-refractivity contribution in [3.63, 3.8) is 0 Å². The van der Waals surface area contributed by atoms with Crippen molar-refractivity contribution in [1.82, 2.24) is 10.3 Å². The minimum absolute atomic E-state index is 0.196. The fraction of sp³-hybridized carbons (Fsp3) is 0.400. The maximum atomic E-state index is 11.3. The Morgan fingerprint density at radius 1 is 1.08 bits per heavy atom. The van der Waals surface area contributed by atoms with Crippen LogP contribution in [-0.2, 0) is 11.2 Å². The van der Waals surface area contributed by atoms with Gasteiger partial charge in [0, 0.05) is 57.4 Å². The maximum Gasteiger partial charge on any atom is 0.172 e. The lowest BCUT2D eigenvalue weighted by Crippen LogP contribution is -2.43. The molecule has 3 aromatic rings. The summed E-state index contributed by atoms with van der Waals surface area (Å²) < 4.78 is 6.61. The molecule has 5 rings (SSSR count). The van der Waals surface area contributed by atoms with E-state index in [1.165, 1.54) is 27.9 Å². The molecule has 1 aromatic heterocycles. The summed E-state index contributed by atoms with van der Waals surface area (Å²) in [5, 5.41) is 3.42. The van der Waals surface area contributed by atoms with Gasteiger partial charge in [-0.15, -0.1) is 0 Å². The van der Waals surface area contributed by atoms with Crippen LogP contribution in [0, 0.1) is 13.8 Å². The first-order valence-electron chi connectivity index (χ1n) is 13.1. The van der Waals surface area contributed by atoms with Crippen molar-refractivity contribution < 1.29 is 9.53 Å². The first-order chi connectivity index (χ1) is 17.7. The summed E-state index contributed by atoms with van der Waals surface area (Å²) in [6.07, 6.45) is 5.94. The molecule has 188 valence electrons. The molecular weight excluding hydrogens is 448 g/mol. The van der Waals surface area contributed by atoms with Gasteiger partial charge < -0.3 is 24.6 Å². The Bertz CT molecular complexity index is 1210. The van der Waals surface area contributed by atoms with Gasteiger partial charge in [-0.3, -0.25) is 0 Å². The van der Waals surface area contributed by atoms with Crippen LogP contribution in [0.15, 0.2) is 54.7 Å². The van der Waals surface area contributed by atoms with E-state index in [0.717, 1.165) is 69.0 Å². The third-order valence-corrected chi connectivity index (χ3v) is 7.48. The van der Waals surface area contributed by atoms with Gasteiger partial charge >= 0.3 is 0 Å². The lowest BCUT2D eigenvalue weighted by atomic mass is 9.92. The molecule has 3 heterocycles. The van der Waals surface area contributed by atoms with Gasteiger partial charge in [0.2, 0.25) is 0 Å². The molecule has 0 bridgehead atoms. The molecule has 0 saturated carbocycles. The monoisotopic (exact) mass is 484 g/mol. The molecule has 1 atom stereocenters. The molecule has 1 N–H and O–H groups in total. The van der Waals surface area contributed by atoms with E-state index in [-0.39, 0.29) is 6.23 Å². The number of nitrogens with zero attached hydrogens (tertiary/aromatic N) is 3. The molecule has 6 heteroatoms. The number of hydrogen-bond acceptors (Lipinski definition) is 6. The number of ether oxygens (including phenoxy) is 1. The highest BCUT2D eigenvalue weighted by molar-refractivity contribution is 5.77. The van der Waals surface area contributed by atoms with E-state index in [2.05, 4.69) is 70.3 Å². The lowest BCUT2D eigenvalue weighted by molar-refractivity contribution is -0.108. The molecule has 0 spiro atoms. The number of piperazine rings is 1. The largest absolute Gasteiger partial charge is 0.470 e. The van der Waals surface area contributed by atoms with Crippen LogP contribution in [0.4, 0.5) is 11.5 Å². The second kappa shape index (κ2) is 11.1. The predicted octanol–water partition coefficient (Wildman–Crippen LogP) is 4.91. The van der Waals surface area contributed by atoms with Crippen LogP contribution in [0.25, 0.3) is 11.1 Å². The summed E-state index contributed by atoms with van der Waals surface area (Å²) in [6, 6.07) is 17.1. The Morgan fingerprint density at radius 3 is 2.75 bits per heavy atom. The topological polar surface area (TPSA) is 57.7 Å². The number of benzene rings is 2. The molecule has 0 aliphatic carbocycles. The van der Waals surface area contributed by atoms with Crippen LogP contribution in [0.1, 0.15) is 36.0 Å². The average molecular weight is 485 g/mol. The summed E-state index contributed by atoms with van der Waals surface area (Å²) >= 11 is 0. The summed E-state index contributed by atoms with van der Waals surface area (Å²) in [7, 11) is 0. The smallest absolute Gasteiger partial charge is 0.172 e. The normalized spacial score (nSPS) is 16.4. The minimum Gasteiger partial charge on any atom is -0.470 e. The first-order valence-corrected chi connectivity index (χ1v) is 13.1. The van der Waals surface area contributed by atoms with Gasteiger partial charge in [0.1, 0.15) is 17.9 Å². The third-order valence-electron chi connectivity index (χ3n) is 7.48. The van der Waals surface area contributed by atoms with Crippen molar-refractivity contribution in [2.24, 2.45) is 0 Å². The molecular formula is C30H36N4O2. The minimum atomic E-state index is -0.196. The number of anilines is 2. The number of aryl methyl sites for hydroxylation is 1. The van der Waals surface area contributed by atoms with E-state index in [9.17, 15) is 4.79 Å². The highest BCUT2D eigenvalue weighted by Crippen LogP contribution is 2.38. The zero-order valence-electron chi connectivity index (χ0n) is 21.4. The number of hydrogen-bond donors (Lipinski definition) is 1. The van der Waals surface area contributed by atoms with Gasteiger partial charge in [0.25, 0.3) is 0 Å². The van der Waals surface area contributed by atoms with Crippen LogP contribution >= 0.6 is 0 Å². The van der Waals surface area contributed by atoms with Crippen LogP contribution in [-0.4, -0.2) is 50.2 Å². The van der Waals surface area contributed by atoms with E-state index in [4.69, 9.17) is 4.74 Å². The van der Waals surface area contributed by atoms with Crippen molar-refractivity contribution >= 4 is 17.8 Å². The zero-order chi connectivity index (χ0) is 24.9. The van der Waals surface area contributed by atoms with Crippen molar-refractivity contribution in [3.05, 3.63) is 71.4 Å². The molecule has 2 aliphatic rings. The van der Waals surface area contributed by atoms with E-state index in [0.29, 0.717) is 12.8 Å². The number of carbonyl (C=O) groups excluding carboxylic acids is 1. The van der Waals surface area contributed by atoms with Crippen LogP contribution in [0.5, 0.6) is 5.75 Å². The highest BCUT2D eigenvalue weighted by atomic mass is 16.5. The average Bonchev–Trinajstić information content (AvgIpc) is 2.93. The quantitative estimate of drug-likeness (QED) is 0.459. The lowest BCUT2D eigenvalue weighted by Gasteiger charge is -2.38.